The Kier molecular flexibility index (Phi) is 3.73. The summed E-state index contributed by atoms with van der Waals surface area (Å²) in [6, 6.07) is 14.2. The van der Waals surface area contributed by atoms with Gasteiger partial charge in [-0.05, 0) is 23.3 Å². The molecule has 2 N–H and O–H groups in total. The molecular formula is C12H10ClO4P. The molecule has 94 valence electrons. The Hall–Kier alpha value is -1.32. The maximum atomic E-state index is 10.7. The molecule has 4 nitrogen and oxygen atoms in total. The van der Waals surface area contributed by atoms with E-state index in [2.05, 4.69) is 4.52 Å². The molecule has 0 aliphatic carbocycles. The second-order valence-corrected chi connectivity index (χ2v) is 5.16. The summed E-state index contributed by atoms with van der Waals surface area (Å²) < 4.78 is 15.2. The third-order valence-electron chi connectivity index (χ3n) is 2.26. The Labute approximate surface area is 109 Å². The van der Waals surface area contributed by atoms with E-state index in [1.807, 2.05) is 30.3 Å². The molecule has 0 radical (unpaired) electrons. The highest BCUT2D eigenvalue weighted by molar-refractivity contribution is 7.46. The van der Waals surface area contributed by atoms with E-state index in [4.69, 9.17) is 21.4 Å². The van der Waals surface area contributed by atoms with Crippen LogP contribution in [0.5, 0.6) is 5.75 Å². The Morgan fingerprint density at radius 3 is 2.22 bits per heavy atom. The van der Waals surface area contributed by atoms with Gasteiger partial charge in [0, 0.05) is 0 Å². The first-order valence-corrected chi connectivity index (χ1v) is 6.97. The van der Waals surface area contributed by atoms with Gasteiger partial charge in [-0.1, -0.05) is 48.0 Å². The topological polar surface area (TPSA) is 66.8 Å². The minimum absolute atomic E-state index is 0.0373. The van der Waals surface area contributed by atoms with Crippen LogP contribution in [0.3, 0.4) is 0 Å². The van der Waals surface area contributed by atoms with Crippen LogP contribution in [0, 0.1) is 0 Å². The van der Waals surface area contributed by atoms with E-state index in [-0.39, 0.29) is 10.8 Å². The summed E-state index contributed by atoms with van der Waals surface area (Å²) in [6.45, 7) is 0. The van der Waals surface area contributed by atoms with E-state index in [1.165, 1.54) is 6.07 Å². The van der Waals surface area contributed by atoms with Crippen molar-refractivity contribution in [2.24, 2.45) is 0 Å². The normalized spacial score (nSPS) is 11.3. The fourth-order valence-corrected chi connectivity index (χ4v) is 2.20. The fourth-order valence-electron chi connectivity index (χ4n) is 1.51. The number of rotatable bonds is 3. The van der Waals surface area contributed by atoms with Crippen LogP contribution < -0.4 is 4.52 Å². The van der Waals surface area contributed by atoms with E-state index in [0.717, 1.165) is 11.1 Å². The van der Waals surface area contributed by atoms with Gasteiger partial charge < -0.3 is 4.52 Å². The number of hydrogen-bond acceptors (Lipinski definition) is 2. The zero-order chi connectivity index (χ0) is 13.2. The minimum atomic E-state index is -4.59. The number of halogens is 1. The highest BCUT2D eigenvalue weighted by Gasteiger charge is 2.18. The smallest absolute Gasteiger partial charge is 0.403 e. The van der Waals surface area contributed by atoms with Gasteiger partial charge >= 0.3 is 7.82 Å². The Balaban J connectivity index is 2.34. The van der Waals surface area contributed by atoms with Crippen LogP contribution in [0.1, 0.15) is 0 Å². The van der Waals surface area contributed by atoms with Crippen LogP contribution in [0.15, 0.2) is 48.5 Å². The molecule has 0 atom stereocenters. The van der Waals surface area contributed by atoms with Crippen molar-refractivity contribution in [1.29, 1.82) is 0 Å². The summed E-state index contributed by atoms with van der Waals surface area (Å²) in [5.74, 6) is -0.0373. The summed E-state index contributed by atoms with van der Waals surface area (Å²) in [5.41, 5.74) is 1.81. The summed E-state index contributed by atoms with van der Waals surface area (Å²) in [5, 5.41) is 0.152. The average molecular weight is 285 g/mol. The van der Waals surface area contributed by atoms with Gasteiger partial charge in [0.05, 0.1) is 5.02 Å². The van der Waals surface area contributed by atoms with E-state index < -0.39 is 7.82 Å². The predicted octanol–water partition coefficient (Wildman–Crippen LogP) is 3.48. The van der Waals surface area contributed by atoms with Crippen molar-refractivity contribution < 1.29 is 18.9 Å². The van der Waals surface area contributed by atoms with Crippen molar-refractivity contribution >= 4 is 19.4 Å². The lowest BCUT2D eigenvalue weighted by atomic mass is 10.1. The van der Waals surface area contributed by atoms with Crippen LogP contribution in [0.25, 0.3) is 11.1 Å². The Bertz CT molecular complexity index is 594. The van der Waals surface area contributed by atoms with Gasteiger partial charge in [-0.3, -0.25) is 9.79 Å². The molecule has 18 heavy (non-hydrogen) atoms. The third-order valence-corrected chi connectivity index (χ3v) is 2.99. The molecule has 0 fully saturated rings. The molecule has 0 spiro atoms. The van der Waals surface area contributed by atoms with Crippen molar-refractivity contribution in [1.82, 2.24) is 0 Å². The largest absolute Gasteiger partial charge is 0.524 e. The lowest BCUT2D eigenvalue weighted by Crippen LogP contribution is -1.91. The number of hydrogen-bond donors (Lipinski definition) is 2. The lowest BCUT2D eigenvalue weighted by molar-refractivity contribution is 0.283. The molecule has 2 aromatic carbocycles. The van der Waals surface area contributed by atoms with Crippen molar-refractivity contribution in [3.63, 3.8) is 0 Å². The molecule has 2 aromatic rings. The molecule has 0 bridgehead atoms. The van der Waals surface area contributed by atoms with Crippen molar-refractivity contribution in [2.75, 3.05) is 0 Å². The van der Waals surface area contributed by atoms with Crippen molar-refractivity contribution in [3.05, 3.63) is 53.6 Å². The first kappa shape index (κ1) is 13.1. The van der Waals surface area contributed by atoms with Gasteiger partial charge in [-0.2, -0.15) is 0 Å². The number of benzene rings is 2. The van der Waals surface area contributed by atoms with E-state index in [9.17, 15) is 4.57 Å². The molecule has 0 unspecified atom stereocenters. The average Bonchev–Trinajstić information content (AvgIpc) is 2.31. The van der Waals surface area contributed by atoms with Gasteiger partial charge in [0.1, 0.15) is 5.75 Å². The molecule has 0 amide bonds. The molecule has 0 saturated heterocycles. The van der Waals surface area contributed by atoms with Gasteiger partial charge in [-0.25, -0.2) is 4.57 Å². The van der Waals surface area contributed by atoms with Gasteiger partial charge in [0.15, 0.2) is 0 Å². The fraction of sp³-hybridized carbons (Fsp3) is 0. The summed E-state index contributed by atoms with van der Waals surface area (Å²) in [7, 11) is -4.59. The van der Waals surface area contributed by atoms with Gasteiger partial charge in [-0.15, -0.1) is 0 Å². The Morgan fingerprint density at radius 2 is 1.67 bits per heavy atom. The summed E-state index contributed by atoms with van der Waals surface area (Å²) >= 11 is 5.92. The molecule has 6 heteroatoms. The maximum absolute atomic E-state index is 10.7. The minimum Gasteiger partial charge on any atom is -0.403 e. The lowest BCUT2D eigenvalue weighted by Gasteiger charge is -2.09. The second kappa shape index (κ2) is 5.12. The molecule has 0 heterocycles. The second-order valence-electron chi connectivity index (χ2n) is 3.59. The van der Waals surface area contributed by atoms with Crippen molar-refractivity contribution in [3.8, 4) is 16.9 Å². The van der Waals surface area contributed by atoms with Gasteiger partial charge in [0.25, 0.3) is 0 Å². The predicted molar refractivity (Wildman–Crippen MR) is 69.6 cm³/mol. The zero-order valence-corrected chi connectivity index (χ0v) is 10.8. The van der Waals surface area contributed by atoms with Crippen LogP contribution in [-0.2, 0) is 4.57 Å². The van der Waals surface area contributed by atoms with E-state index >= 15 is 0 Å². The molecule has 0 aromatic heterocycles. The monoisotopic (exact) mass is 284 g/mol. The summed E-state index contributed by atoms with van der Waals surface area (Å²) in [6.07, 6.45) is 0. The molecule has 0 saturated carbocycles. The highest BCUT2D eigenvalue weighted by Crippen LogP contribution is 2.41. The molecular weight excluding hydrogens is 275 g/mol. The molecule has 2 rings (SSSR count). The first-order valence-electron chi connectivity index (χ1n) is 5.06. The maximum Gasteiger partial charge on any atom is 0.524 e. The third kappa shape index (κ3) is 3.34. The van der Waals surface area contributed by atoms with Crippen molar-refractivity contribution in [2.45, 2.75) is 0 Å². The molecule has 0 aliphatic heterocycles. The highest BCUT2D eigenvalue weighted by atomic mass is 35.5. The number of phosphoric acid groups is 1. The first-order chi connectivity index (χ1) is 8.46. The van der Waals surface area contributed by atoms with Crippen LogP contribution in [0.4, 0.5) is 0 Å². The van der Waals surface area contributed by atoms with E-state index in [1.54, 1.807) is 12.1 Å². The Morgan fingerprint density at radius 1 is 1.00 bits per heavy atom. The molecule has 0 aliphatic rings. The van der Waals surface area contributed by atoms with Crippen LogP contribution in [0.2, 0.25) is 5.02 Å². The van der Waals surface area contributed by atoms with Crippen LogP contribution in [-0.4, -0.2) is 9.79 Å². The van der Waals surface area contributed by atoms with E-state index in [0.29, 0.717) is 0 Å². The SMILES string of the molecule is O=P(O)(O)Oc1ccc(-c2ccccc2)cc1Cl. The quantitative estimate of drug-likeness (QED) is 0.847. The van der Waals surface area contributed by atoms with Gasteiger partial charge in [0.2, 0.25) is 0 Å². The summed E-state index contributed by atoms with van der Waals surface area (Å²) in [4.78, 5) is 17.4. The van der Waals surface area contributed by atoms with Crippen LogP contribution >= 0.6 is 19.4 Å². The zero-order valence-electron chi connectivity index (χ0n) is 9.15. The number of phosphoric ester groups is 1. The standard InChI is InChI=1S/C12H10ClO4P/c13-11-8-10(9-4-2-1-3-5-9)6-7-12(11)17-18(14,15)16/h1-8H,(H2,14,15,16).